The molecule has 6 nitrogen and oxygen atoms in total. The predicted molar refractivity (Wildman–Crippen MR) is 52.3 cm³/mol. The number of aromatic nitrogens is 2. The second kappa shape index (κ2) is 4.59. The highest BCUT2D eigenvalue weighted by Crippen LogP contribution is 2.04. The van der Waals surface area contributed by atoms with Crippen molar-refractivity contribution in [2.75, 3.05) is 13.7 Å². The highest BCUT2D eigenvalue weighted by molar-refractivity contribution is 5.96. The van der Waals surface area contributed by atoms with Gasteiger partial charge in [0, 0.05) is 12.7 Å². The number of ether oxygens (including phenoxy) is 1. The molecule has 0 bridgehead atoms. The summed E-state index contributed by atoms with van der Waals surface area (Å²) in [5.41, 5.74) is 1.21. The molecule has 0 unspecified atom stereocenters. The molecule has 0 atom stereocenters. The first-order valence-corrected chi connectivity index (χ1v) is 4.40. The van der Waals surface area contributed by atoms with Crippen LogP contribution in [-0.2, 0) is 16.6 Å². The van der Waals surface area contributed by atoms with Gasteiger partial charge in [-0.1, -0.05) is 0 Å². The maximum Gasteiger partial charge on any atom is 0.325 e. The first-order valence-electron chi connectivity index (χ1n) is 4.40. The number of rotatable bonds is 3. The Hall–Kier alpha value is -1.85. The van der Waals surface area contributed by atoms with Gasteiger partial charge < -0.3 is 10.1 Å². The lowest BCUT2D eigenvalue weighted by Gasteiger charge is -2.02. The zero-order valence-electron chi connectivity index (χ0n) is 8.90. The molecule has 1 aromatic heterocycles. The summed E-state index contributed by atoms with van der Waals surface area (Å²) in [4.78, 5) is 22.3. The van der Waals surface area contributed by atoms with Crippen LogP contribution in [0.2, 0.25) is 0 Å². The lowest BCUT2D eigenvalue weighted by molar-refractivity contribution is -0.139. The van der Waals surface area contributed by atoms with Crippen LogP contribution in [0.25, 0.3) is 0 Å². The molecular weight excluding hydrogens is 198 g/mol. The summed E-state index contributed by atoms with van der Waals surface area (Å²) < 4.78 is 5.99. The minimum Gasteiger partial charge on any atom is -0.468 e. The van der Waals surface area contributed by atoms with Crippen LogP contribution in [0.1, 0.15) is 16.1 Å². The van der Waals surface area contributed by atoms with Crippen LogP contribution in [0.3, 0.4) is 0 Å². The third kappa shape index (κ3) is 2.55. The molecule has 0 radical (unpaired) electrons. The Morgan fingerprint density at radius 2 is 2.27 bits per heavy atom. The van der Waals surface area contributed by atoms with Gasteiger partial charge >= 0.3 is 5.97 Å². The lowest BCUT2D eigenvalue weighted by Crippen LogP contribution is -2.30. The van der Waals surface area contributed by atoms with E-state index >= 15 is 0 Å². The highest BCUT2D eigenvalue weighted by atomic mass is 16.5. The van der Waals surface area contributed by atoms with Gasteiger partial charge in [-0.15, -0.1) is 0 Å². The van der Waals surface area contributed by atoms with Crippen molar-refractivity contribution < 1.29 is 14.3 Å². The van der Waals surface area contributed by atoms with E-state index in [1.165, 1.54) is 13.3 Å². The van der Waals surface area contributed by atoms with Gasteiger partial charge in [0.1, 0.15) is 6.54 Å². The molecule has 0 saturated carbocycles. The van der Waals surface area contributed by atoms with Crippen LogP contribution in [0.4, 0.5) is 0 Å². The van der Waals surface area contributed by atoms with Gasteiger partial charge in [-0.3, -0.25) is 14.3 Å². The Morgan fingerprint density at radius 1 is 1.60 bits per heavy atom. The van der Waals surface area contributed by atoms with Crippen molar-refractivity contribution >= 4 is 11.9 Å². The topological polar surface area (TPSA) is 73.2 Å². The predicted octanol–water partition coefficient (Wildman–Crippen LogP) is -0.369. The number of hydrogen-bond donors (Lipinski definition) is 1. The molecule has 1 amide bonds. The second-order valence-electron chi connectivity index (χ2n) is 3.03. The van der Waals surface area contributed by atoms with Crippen molar-refractivity contribution in [2.24, 2.45) is 7.05 Å². The van der Waals surface area contributed by atoms with Crippen LogP contribution in [0.5, 0.6) is 0 Å². The number of amides is 1. The fourth-order valence-corrected chi connectivity index (χ4v) is 1.04. The van der Waals surface area contributed by atoms with E-state index in [2.05, 4.69) is 15.2 Å². The number of aryl methyl sites for hydroxylation is 1. The SMILES string of the molecule is COC(=O)CNC(=O)c1cnn(C)c1C. The lowest BCUT2D eigenvalue weighted by atomic mass is 10.2. The summed E-state index contributed by atoms with van der Waals surface area (Å²) in [6.07, 6.45) is 1.46. The van der Waals surface area contributed by atoms with E-state index in [1.54, 1.807) is 18.7 Å². The van der Waals surface area contributed by atoms with Crippen LogP contribution < -0.4 is 5.32 Å². The van der Waals surface area contributed by atoms with Crippen LogP contribution in [0.15, 0.2) is 6.20 Å². The second-order valence-corrected chi connectivity index (χ2v) is 3.03. The van der Waals surface area contributed by atoms with Gasteiger partial charge in [0.15, 0.2) is 0 Å². The molecule has 0 spiro atoms. The van der Waals surface area contributed by atoms with E-state index in [0.29, 0.717) is 5.56 Å². The Labute approximate surface area is 87.2 Å². The van der Waals surface area contributed by atoms with E-state index in [0.717, 1.165) is 5.69 Å². The highest BCUT2D eigenvalue weighted by Gasteiger charge is 2.13. The first kappa shape index (κ1) is 11.2. The fraction of sp³-hybridized carbons (Fsp3) is 0.444. The van der Waals surface area contributed by atoms with Gasteiger partial charge in [0.25, 0.3) is 5.91 Å². The van der Waals surface area contributed by atoms with Crippen molar-refractivity contribution in [3.05, 3.63) is 17.5 Å². The summed E-state index contributed by atoms with van der Waals surface area (Å²) in [5, 5.41) is 6.36. The minimum atomic E-state index is -0.482. The zero-order chi connectivity index (χ0) is 11.4. The van der Waals surface area contributed by atoms with Crippen molar-refractivity contribution in [3.63, 3.8) is 0 Å². The largest absolute Gasteiger partial charge is 0.468 e. The molecule has 82 valence electrons. The van der Waals surface area contributed by atoms with Gasteiger partial charge in [0.05, 0.1) is 18.9 Å². The van der Waals surface area contributed by atoms with Gasteiger partial charge in [-0.25, -0.2) is 0 Å². The molecule has 0 aliphatic rings. The molecule has 0 aliphatic carbocycles. The average molecular weight is 211 g/mol. The van der Waals surface area contributed by atoms with Crippen molar-refractivity contribution in [1.29, 1.82) is 0 Å². The van der Waals surface area contributed by atoms with Gasteiger partial charge in [-0.05, 0) is 6.92 Å². The zero-order valence-corrected chi connectivity index (χ0v) is 8.90. The van der Waals surface area contributed by atoms with E-state index < -0.39 is 5.97 Å². The minimum absolute atomic E-state index is 0.135. The van der Waals surface area contributed by atoms with E-state index in [9.17, 15) is 9.59 Å². The molecule has 1 heterocycles. The quantitative estimate of drug-likeness (QED) is 0.692. The third-order valence-electron chi connectivity index (χ3n) is 2.10. The Kier molecular flexibility index (Phi) is 3.43. The van der Waals surface area contributed by atoms with E-state index in [4.69, 9.17) is 0 Å². The van der Waals surface area contributed by atoms with Crippen LogP contribution >= 0.6 is 0 Å². The molecular formula is C9H13N3O3. The summed E-state index contributed by atoms with van der Waals surface area (Å²) >= 11 is 0. The molecule has 0 saturated heterocycles. The van der Waals surface area contributed by atoms with Crippen molar-refractivity contribution in [2.45, 2.75) is 6.92 Å². The third-order valence-corrected chi connectivity index (χ3v) is 2.10. The van der Waals surface area contributed by atoms with E-state index in [1.807, 2.05) is 0 Å². The summed E-state index contributed by atoms with van der Waals surface area (Å²) in [6, 6.07) is 0. The van der Waals surface area contributed by atoms with Crippen molar-refractivity contribution in [3.8, 4) is 0 Å². The Balaban J connectivity index is 2.62. The molecule has 0 aromatic carbocycles. The molecule has 1 N–H and O–H groups in total. The first-order chi connectivity index (χ1) is 7.06. The number of nitrogens with one attached hydrogen (secondary N) is 1. The number of carbonyl (C=O) groups is 2. The molecule has 1 aromatic rings. The van der Waals surface area contributed by atoms with Crippen molar-refractivity contribution in [1.82, 2.24) is 15.1 Å². The monoisotopic (exact) mass is 211 g/mol. The van der Waals surface area contributed by atoms with Crippen LogP contribution in [0, 0.1) is 6.92 Å². The maximum absolute atomic E-state index is 11.5. The van der Waals surface area contributed by atoms with Gasteiger partial charge in [-0.2, -0.15) is 5.10 Å². The standard InChI is InChI=1S/C9H13N3O3/c1-6-7(4-11-12(6)2)9(14)10-5-8(13)15-3/h4H,5H2,1-3H3,(H,10,14). The summed E-state index contributed by atoms with van der Waals surface area (Å²) in [7, 11) is 3.01. The normalized spacial score (nSPS) is 9.80. The number of esters is 1. The number of carbonyl (C=O) groups excluding carboxylic acids is 2. The Morgan fingerprint density at radius 3 is 2.73 bits per heavy atom. The molecule has 0 fully saturated rings. The molecule has 6 heteroatoms. The Bertz CT molecular complexity index is 384. The van der Waals surface area contributed by atoms with Gasteiger partial charge in [0.2, 0.25) is 0 Å². The van der Waals surface area contributed by atoms with Crippen LogP contribution in [-0.4, -0.2) is 35.3 Å². The molecule has 1 rings (SSSR count). The number of nitrogens with zero attached hydrogens (tertiary/aromatic N) is 2. The smallest absolute Gasteiger partial charge is 0.325 e. The summed E-state index contributed by atoms with van der Waals surface area (Å²) in [5.74, 6) is -0.809. The maximum atomic E-state index is 11.5. The number of methoxy groups -OCH3 is 1. The molecule has 0 aliphatic heterocycles. The average Bonchev–Trinajstić information content (AvgIpc) is 2.56. The van der Waals surface area contributed by atoms with E-state index in [-0.39, 0.29) is 12.5 Å². The number of hydrogen-bond acceptors (Lipinski definition) is 4. The fourth-order valence-electron chi connectivity index (χ4n) is 1.04. The summed E-state index contributed by atoms with van der Waals surface area (Å²) in [6.45, 7) is 1.64. The molecule has 15 heavy (non-hydrogen) atoms.